The molecule has 2 fully saturated rings. The molecule has 2 aromatic carbocycles. The summed E-state index contributed by atoms with van der Waals surface area (Å²) in [4.78, 5) is 29.9. The fourth-order valence-electron chi connectivity index (χ4n) is 3.68. The Hall–Kier alpha value is -2.70. The van der Waals surface area contributed by atoms with Crippen LogP contribution in [0.15, 0.2) is 48.5 Å². The van der Waals surface area contributed by atoms with Crippen molar-refractivity contribution < 1.29 is 19.1 Å². The fraction of sp³-hybridized carbons (Fsp3) is 0.364. The first-order valence-corrected chi connectivity index (χ1v) is 9.68. The number of rotatable bonds is 3. The Morgan fingerprint density at radius 2 is 0.964 bits per heavy atom. The van der Waals surface area contributed by atoms with E-state index in [9.17, 15) is 9.59 Å². The second kappa shape index (κ2) is 8.54. The number of hydrogen-bond donors (Lipinski definition) is 0. The largest absolute Gasteiger partial charge is 0.378 e. The van der Waals surface area contributed by atoms with Crippen molar-refractivity contribution in [1.82, 2.24) is 9.80 Å². The van der Waals surface area contributed by atoms with E-state index in [0.717, 1.165) is 11.1 Å². The number of carbonyl (C=O) groups is 2. The molecule has 0 aromatic heterocycles. The van der Waals surface area contributed by atoms with Crippen molar-refractivity contribution in [3.05, 3.63) is 59.7 Å². The first kappa shape index (κ1) is 18.7. The van der Waals surface area contributed by atoms with Crippen molar-refractivity contribution in [2.24, 2.45) is 0 Å². The van der Waals surface area contributed by atoms with Gasteiger partial charge >= 0.3 is 0 Å². The summed E-state index contributed by atoms with van der Waals surface area (Å²) in [5.41, 5.74) is 2.81. The van der Waals surface area contributed by atoms with E-state index in [1.54, 1.807) is 0 Å². The van der Waals surface area contributed by atoms with E-state index in [4.69, 9.17) is 9.47 Å². The molecule has 2 aromatic rings. The smallest absolute Gasteiger partial charge is 0.254 e. The fourth-order valence-corrected chi connectivity index (χ4v) is 3.68. The first-order chi connectivity index (χ1) is 13.8. The van der Waals surface area contributed by atoms with Crippen LogP contribution in [0.5, 0.6) is 0 Å². The third kappa shape index (κ3) is 3.79. The van der Waals surface area contributed by atoms with E-state index in [2.05, 4.69) is 0 Å². The second-order valence-corrected chi connectivity index (χ2v) is 6.90. The van der Waals surface area contributed by atoms with Crippen molar-refractivity contribution in [2.45, 2.75) is 0 Å². The highest BCUT2D eigenvalue weighted by Gasteiger charge is 2.25. The molecule has 2 aliphatic rings. The van der Waals surface area contributed by atoms with Gasteiger partial charge in [-0.1, -0.05) is 36.4 Å². The Morgan fingerprint density at radius 1 is 0.607 bits per heavy atom. The number of nitrogens with zero attached hydrogens (tertiary/aromatic N) is 2. The van der Waals surface area contributed by atoms with Gasteiger partial charge in [-0.2, -0.15) is 0 Å². The van der Waals surface area contributed by atoms with Crippen molar-refractivity contribution in [3.8, 4) is 11.1 Å². The Bertz CT molecular complexity index is 784. The van der Waals surface area contributed by atoms with Crippen LogP contribution >= 0.6 is 0 Å². The minimum atomic E-state index is -0.0208. The molecule has 0 unspecified atom stereocenters. The summed E-state index contributed by atoms with van der Waals surface area (Å²) in [6.45, 7) is 4.56. The molecule has 0 saturated carbocycles. The topological polar surface area (TPSA) is 59.1 Å². The number of morpholine rings is 2. The lowest BCUT2D eigenvalue weighted by Crippen LogP contribution is -2.41. The van der Waals surface area contributed by atoms with Gasteiger partial charge in [-0.3, -0.25) is 9.59 Å². The van der Waals surface area contributed by atoms with Crippen molar-refractivity contribution >= 4 is 11.8 Å². The zero-order valence-electron chi connectivity index (χ0n) is 15.8. The van der Waals surface area contributed by atoms with Crippen molar-refractivity contribution in [2.75, 3.05) is 52.6 Å². The van der Waals surface area contributed by atoms with Gasteiger partial charge in [-0.15, -0.1) is 0 Å². The van der Waals surface area contributed by atoms with Crippen LogP contribution in [0, 0.1) is 0 Å². The highest BCUT2D eigenvalue weighted by Crippen LogP contribution is 2.29. The Balaban J connectivity index is 1.70. The zero-order chi connectivity index (χ0) is 19.3. The maximum atomic E-state index is 13.1. The molecule has 0 radical (unpaired) electrons. The first-order valence-electron chi connectivity index (χ1n) is 9.68. The Labute approximate surface area is 164 Å². The van der Waals surface area contributed by atoms with Crippen molar-refractivity contribution in [3.63, 3.8) is 0 Å². The molecule has 0 aliphatic carbocycles. The number of ether oxygens (including phenoxy) is 2. The van der Waals surface area contributed by atoms with Gasteiger partial charge in [0.1, 0.15) is 0 Å². The predicted molar refractivity (Wildman–Crippen MR) is 105 cm³/mol. The summed E-state index contributed by atoms with van der Waals surface area (Å²) < 4.78 is 10.7. The third-order valence-corrected chi connectivity index (χ3v) is 5.20. The maximum Gasteiger partial charge on any atom is 0.254 e. The SMILES string of the molecule is O=C(c1ccccc1-c1ccccc1C(=O)N1CCOCC1)N1CCOCC1. The number of carbonyl (C=O) groups excluding carboxylic acids is 2. The minimum absolute atomic E-state index is 0.0208. The molecule has 6 nitrogen and oxygen atoms in total. The van der Waals surface area contributed by atoms with Gasteiger partial charge in [0, 0.05) is 37.3 Å². The summed E-state index contributed by atoms with van der Waals surface area (Å²) in [7, 11) is 0. The average Bonchev–Trinajstić information content (AvgIpc) is 2.79. The van der Waals surface area contributed by atoms with Crippen LogP contribution in [0.2, 0.25) is 0 Å². The maximum absolute atomic E-state index is 13.1. The lowest BCUT2D eigenvalue weighted by Gasteiger charge is -2.29. The molecular weight excluding hydrogens is 356 g/mol. The van der Waals surface area contributed by atoms with Crippen LogP contribution in [0.1, 0.15) is 20.7 Å². The molecule has 0 atom stereocenters. The summed E-state index contributed by atoms with van der Waals surface area (Å²) in [6.07, 6.45) is 0. The van der Waals surface area contributed by atoms with Crippen LogP contribution < -0.4 is 0 Å². The average molecular weight is 380 g/mol. The molecule has 2 saturated heterocycles. The van der Waals surface area contributed by atoms with Crippen LogP contribution in [-0.4, -0.2) is 74.2 Å². The van der Waals surface area contributed by atoms with E-state index in [1.807, 2.05) is 58.3 Å². The molecule has 0 N–H and O–H groups in total. The molecule has 6 heteroatoms. The third-order valence-electron chi connectivity index (χ3n) is 5.20. The quantitative estimate of drug-likeness (QED) is 0.820. The molecule has 146 valence electrons. The number of hydrogen-bond acceptors (Lipinski definition) is 4. The Morgan fingerprint density at radius 3 is 1.36 bits per heavy atom. The molecule has 2 aliphatic heterocycles. The minimum Gasteiger partial charge on any atom is -0.378 e. The normalized spacial score (nSPS) is 17.4. The van der Waals surface area contributed by atoms with Crippen LogP contribution in [0.4, 0.5) is 0 Å². The summed E-state index contributed by atoms with van der Waals surface area (Å²) >= 11 is 0. The van der Waals surface area contributed by atoms with E-state index in [1.165, 1.54) is 0 Å². The lowest BCUT2D eigenvalue weighted by atomic mass is 9.94. The molecule has 2 amide bonds. The van der Waals surface area contributed by atoms with E-state index in [0.29, 0.717) is 63.7 Å². The molecule has 0 spiro atoms. The molecule has 4 rings (SSSR count). The van der Waals surface area contributed by atoms with E-state index >= 15 is 0 Å². The highest BCUT2D eigenvalue weighted by molar-refractivity contribution is 6.06. The van der Waals surface area contributed by atoms with Gasteiger partial charge in [0.25, 0.3) is 11.8 Å². The summed E-state index contributed by atoms with van der Waals surface area (Å²) in [5.74, 6) is -0.0416. The van der Waals surface area contributed by atoms with E-state index in [-0.39, 0.29) is 11.8 Å². The van der Waals surface area contributed by atoms with Crippen LogP contribution in [0.25, 0.3) is 11.1 Å². The molecule has 0 bridgehead atoms. The molecule has 2 heterocycles. The lowest BCUT2D eigenvalue weighted by molar-refractivity contribution is 0.0300. The highest BCUT2D eigenvalue weighted by atomic mass is 16.5. The number of amides is 2. The standard InChI is InChI=1S/C22H24N2O4/c25-21(23-9-13-27-14-10-23)19-7-3-1-5-17(19)18-6-2-4-8-20(18)22(26)24-11-15-28-16-12-24/h1-8H,9-16H2. The summed E-state index contributed by atoms with van der Waals surface area (Å²) in [6, 6.07) is 15.0. The van der Waals surface area contributed by atoms with Gasteiger partial charge in [0.2, 0.25) is 0 Å². The van der Waals surface area contributed by atoms with E-state index < -0.39 is 0 Å². The van der Waals surface area contributed by atoms with Gasteiger partial charge in [-0.05, 0) is 23.3 Å². The van der Waals surface area contributed by atoms with Crippen LogP contribution in [-0.2, 0) is 9.47 Å². The second-order valence-electron chi connectivity index (χ2n) is 6.90. The van der Waals surface area contributed by atoms with Gasteiger partial charge in [0.05, 0.1) is 26.4 Å². The van der Waals surface area contributed by atoms with Gasteiger partial charge in [-0.25, -0.2) is 0 Å². The molecule has 28 heavy (non-hydrogen) atoms. The van der Waals surface area contributed by atoms with Gasteiger partial charge in [0.15, 0.2) is 0 Å². The number of benzene rings is 2. The molecular formula is C22H24N2O4. The zero-order valence-corrected chi connectivity index (χ0v) is 15.8. The summed E-state index contributed by atoms with van der Waals surface area (Å²) in [5, 5.41) is 0. The predicted octanol–water partition coefficient (Wildman–Crippen LogP) is 2.30. The van der Waals surface area contributed by atoms with Crippen LogP contribution in [0.3, 0.4) is 0 Å². The van der Waals surface area contributed by atoms with Gasteiger partial charge < -0.3 is 19.3 Å². The Kier molecular flexibility index (Phi) is 5.69. The van der Waals surface area contributed by atoms with Crippen molar-refractivity contribution in [1.29, 1.82) is 0 Å². The monoisotopic (exact) mass is 380 g/mol.